The van der Waals surface area contributed by atoms with Crippen LogP contribution in [0.15, 0.2) is 0 Å². The summed E-state index contributed by atoms with van der Waals surface area (Å²) in [5.41, 5.74) is 0. The van der Waals surface area contributed by atoms with E-state index in [9.17, 15) is 0 Å². The normalized spacial score (nSPS) is 43.0. The van der Waals surface area contributed by atoms with Gasteiger partial charge in [0.1, 0.15) is 0 Å². The predicted octanol–water partition coefficient (Wildman–Crippen LogP) is 4.78. The predicted molar refractivity (Wildman–Crippen MR) is 71.3 cm³/mol. The van der Waals surface area contributed by atoms with E-state index in [2.05, 4.69) is 19.9 Å². The van der Waals surface area contributed by atoms with Crippen LogP contribution in [0.2, 0.25) is 0 Å². The summed E-state index contributed by atoms with van der Waals surface area (Å²) in [6.07, 6.45) is 10.7. The van der Waals surface area contributed by atoms with Crippen LogP contribution in [-0.2, 0) is 0 Å². The second-order valence-electron chi connectivity index (χ2n) is 6.47. The smallest absolute Gasteiger partial charge is 0.0655 e. The van der Waals surface area contributed by atoms with Crippen LogP contribution in [0.3, 0.4) is 0 Å². The van der Waals surface area contributed by atoms with Gasteiger partial charge in [-0.2, -0.15) is 5.26 Å². The first-order valence-corrected chi connectivity index (χ1v) is 7.64. The molecule has 1 heteroatoms. The first kappa shape index (κ1) is 12.9. The summed E-state index contributed by atoms with van der Waals surface area (Å²) < 4.78 is 0. The van der Waals surface area contributed by atoms with Gasteiger partial charge in [0.05, 0.1) is 6.07 Å². The van der Waals surface area contributed by atoms with Crippen molar-refractivity contribution in [3.8, 4) is 6.07 Å². The van der Waals surface area contributed by atoms with Crippen LogP contribution in [0, 0.1) is 40.9 Å². The Morgan fingerprint density at radius 1 is 1.06 bits per heavy atom. The van der Waals surface area contributed by atoms with Gasteiger partial charge in [0.15, 0.2) is 0 Å². The zero-order valence-electron chi connectivity index (χ0n) is 11.5. The molecule has 2 aliphatic carbocycles. The van der Waals surface area contributed by atoms with Crippen molar-refractivity contribution in [1.82, 2.24) is 0 Å². The van der Waals surface area contributed by atoms with E-state index in [0.717, 1.165) is 23.7 Å². The molecule has 2 fully saturated rings. The maximum absolute atomic E-state index is 8.96. The Kier molecular flexibility index (Phi) is 4.48. The molecule has 3 unspecified atom stereocenters. The van der Waals surface area contributed by atoms with Gasteiger partial charge in [0, 0.05) is 5.92 Å². The Morgan fingerprint density at radius 2 is 1.76 bits per heavy atom. The third-order valence-corrected chi connectivity index (χ3v) is 5.48. The lowest BCUT2D eigenvalue weighted by Crippen LogP contribution is -2.31. The molecule has 2 saturated carbocycles. The van der Waals surface area contributed by atoms with Crippen LogP contribution in [0.25, 0.3) is 0 Å². The highest BCUT2D eigenvalue weighted by Gasteiger charge is 2.34. The molecule has 0 aliphatic heterocycles. The van der Waals surface area contributed by atoms with Crippen LogP contribution >= 0.6 is 0 Å². The molecule has 0 aromatic carbocycles. The number of nitrogens with zero attached hydrogens (tertiary/aromatic N) is 1. The number of hydrogen-bond donors (Lipinski definition) is 0. The highest BCUT2D eigenvalue weighted by molar-refractivity contribution is 4.90. The molecule has 0 amide bonds. The van der Waals surface area contributed by atoms with Gasteiger partial charge in [-0.3, -0.25) is 0 Å². The van der Waals surface area contributed by atoms with Crippen molar-refractivity contribution in [1.29, 1.82) is 5.26 Å². The lowest BCUT2D eigenvalue weighted by atomic mass is 9.65. The van der Waals surface area contributed by atoms with Crippen molar-refractivity contribution in [2.45, 2.75) is 65.2 Å². The summed E-state index contributed by atoms with van der Waals surface area (Å²) in [6, 6.07) is 2.45. The lowest BCUT2D eigenvalue weighted by Gasteiger charge is -2.40. The fraction of sp³-hybridized carbons (Fsp3) is 0.938. The summed E-state index contributed by atoms with van der Waals surface area (Å²) in [5.74, 6) is 4.20. The molecule has 0 aromatic heterocycles. The third-order valence-electron chi connectivity index (χ3n) is 5.48. The topological polar surface area (TPSA) is 23.8 Å². The largest absolute Gasteiger partial charge is 0.198 e. The molecular formula is C16H27N. The maximum atomic E-state index is 8.96. The Labute approximate surface area is 107 Å². The second kappa shape index (κ2) is 5.89. The molecule has 17 heavy (non-hydrogen) atoms. The molecule has 2 aliphatic rings. The molecule has 0 saturated heterocycles. The highest BCUT2D eigenvalue weighted by Crippen LogP contribution is 2.44. The van der Waals surface area contributed by atoms with Crippen molar-refractivity contribution >= 4 is 0 Å². The Hall–Kier alpha value is -0.510. The summed E-state index contributed by atoms with van der Waals surface area (Å²) >= 11 is 0. The van der Waals surface area contributed by atoms with E-state index in [0.29, 0.717) is 5.92 Å². The first-order chi connectivity index (χ1) is 8.24. The molecule has 0 bridgehead atoms. The molecule has 1 nitrogen and oxygen atoms in total. The van der Waals surface area contributed by atoms with Crippen molar-refractivity contribution in [2.24, 2.45) is 29.6 Å². The second-order valence-corrected chi connectivity index (χ2v) is 6.47. The van der Waals surface area contributed by atoms with E-state index >= 15 is 0 Å². The van der Waals surface area contributed by atoms with Gasteiger partial charge in [-0.15, -0.1) is 0 Å². The minimum atomic E-state index is 0.369. The van der Waals surface area contributed by atoms with Crippen LogP contribution in [0.4, 0.5) is 0 Å². The molecule has 0 N–H and O–H groups in total. The lowest BCUT2D eigenvalue weighted by molar-refractivity contribution is 0.102. The molecule has 3 atom stereocenters. The number of nitriles is 1. The number of hydrogen-bond acceptors (Lipinski definition) is 1. The zero-order valence-corrected chi connectivity index (χ0v) is 11.5. The summed E-state index contributed by atoms with van der Waals surface area (Å²) in [7, 11) is 0. The van der Waals surface area contributed by atoms with Crippen molar-refractivity contribution in [3.05, 3.63) is 0 Å². The molecule has 2 rings (SSSR count). The molecule has 0 spiro atoms. The van der Waals surface area contributed by atoms with Gasteiger partial charge in [-0.1, -0.05) is 26.7 Å². The monoisotopic (exact) mass is 233 g/mol. The highest BCUT2D eigenvalue weighted by atomic mass is 14.4. The Bertz CT molecular complexity index is 270. The zero-order chi connectivity index (χ0) is 12.3. The molecule has 0 radical (unpaired) electrons. The van der Waals surface area contributed by atoms with Crippen molar-refractivity contribution < 1.29 is 0 Å². The van der Waals surface area contributed by atoms with E-state index in [-0.39, 0.29) is 0 Å². The molecule has 0 heterocycles. The van der Waals surface area contributed by atoms with Crippen LogP contribution in [0.5, 0.6) is 0 Å². The van der Waals surface area contributed by atoms with Crippen LogP contribution in [-0.4, -0.2) is 0 Å². The van der Waals surface area contributed by atoms with E-state index in [4.69, 9.17) is 5.26 Å². The van der Waals surface area contributed by atoms with Crippen LogP contribution in [0.1, 0.15) is 65.2 Å². The average Bonchev–Trinajstić information content (AvgIpc) is 2.39. The average molecular weight is 233 g/mol. The minimum absolute atomic E-state index is 0.369. The van der Waals surface area contributed by atoms with E-state index in [1.54, 1.807) is 0 Å². The van der Waals surface area contributed by atoms with Gasteiger partial charge in [-0.25, -0.2) is 0 Å². The SMILES string of the molecule is CCC1CCC(C2CCC(C#N)CC2)C(C)C1. The minimum Gasteiger partial charge on any atom is -0.198 e. The fourth-order valence-electron chi connectivity index (χ4n) is 4.28. The summed E-state index contributed by atoms with van der Waals surface area (Å²) in [5, 5.41) is 8.96. The number of rotatable bonds is 2. The van der Waals surface area contributed by atoms with E-state index in [1.165, 1.54) is 51.4 Å². The van der Waals surface area contributed by atoms with E-state index in [1.807, 2.05) is 0 Å². The molecule has 0 aromatic rings. The quantitative estimate of drug-likeness (QED) is 0.673. The Balaban J connectivity index is 1.85. The standard InChI is InChI=1S/C16H27N/c1-3-13-6-9-16(12(2)10-13)15-7-4-14(11-17)5-8-15/h12-16H,3-10H2,1-2H3. The summed E-state index contributed by atoms with van der Waals surface area (Å²) in [4.78, 5) is 0. The maximum Gasteiger partial charge on any atom is 0.0655 e. The van der Waals surface area contributed by atoms with Gasteiger partial charge in [-0.05, 0) is 62.2 Å². The van der Waals surface area contributed by atoms with Crippen LogP contribution < -0.4 is 0 Å². The van der Waals surface area contributed by atoms with Crippen molar-refractivity contribution in [2.75, 3.05) is 0 Å². The first-order valence-electron chi connectivity index (χ1n) is 7.64. The van der Waals surface area contributed by atoms with Gasteiger partial charge < -0.3 is 0 Å². The fourth-order valence-corrected chi connectivity index (χ4v) is 4.28. The molecular weight excluding hydrogens is 206 g/mol. The van der Waals surface area contributed by atoms with Gasteiger partial charge in [0.25, 0.3) is 0 Å². The summed E-state index contributed by atoms with van der Waals surface area (Å²) in [6.45, 7) is 4.82. The Morgan fingerprint density at radius 3 is 2.29 bits per heavy atom. The third kappa shape index (κ3) is 3.03. The van der Waals surface area contributed by atoms with Gasteiger partial charge in [0.2, 0.25) is 0 Å². The van der Waals surface area contributed by atoms with Gasteiger partial charge >= 0.3 is 0 Å². The molecule has 96 valence electrons. The van der Waals surface area contributed by atoms with Crippen molar-refractivity contribution in [3.63, 3.8) is 0 Å². The van der Waals surface area contributed by atoms with E-state index < -0.39 is 0 Å².